The number of hydrogen-bond acceptors (Lipinski definition) is 3. The van der Waals surface area contributed by atoms with Gasteiger partial charge in [-0.05, 0) is 42.9 Å². The third kappa shape index (κ3) is 4.07. The maximum atomic E-state index is 12.1. The van der Waals surface area contributed by atoms with E-state index in [0.717, 1.165) is 23.2 Å². The van der Waals surface area contributed by atoms with Crippen molar-refractivity contribution in [1.29, 1.82) is 0 Å². The van der Waals surface area contributed by atoms with E-state index in [-0.39, 0.29) is 17.9 Å². The van der Waals surface area contributed by atoms with Gasteiger partial charge in [0.1, 0.15) is 0 Å². The number of nitrogens with one attached hydrogen (secondary N) is 2. The number of carbonyl (C=O) groups excluding carboxylic acids is 2. The molecule has 2 rings (SSSR count). The summed E-state index contributed by atoms with van der Waals surface area (Å²) in [6, 6.07) is 5.31. The number of nitrogens with two attached hydrogens (primary N) is 1. The molecule has 0 aliphatic carbocycles. The van der Waals surface area contributed by atoms with Gasteiger partial charge < -0.3 is 16.4 Å². The van der Waals surface area contributed by atoms with Gasteiger partial charge in [-0.25, -0.2) is 0 Å². The van der Waals surface area contributed by atoms with Crippen molar-refractivity contribution >= 4 is 17.5 Å². The second kappa shape index (κ2) is 6.92. The Labute approximate surface area is 131 Å². The summed E-state index contributed by atoms with van der Waals surface area (Å²) in [5.74, 6) is 0.330. The molecule has 1 aliphatic heterocycles. The number of amides is 2. The molecule has 0 aromatic heterocycles. The molecule has 0 saturated heterocycles. The van der Waals surface area contributed by atoms with Gasteiger partial charge in [0.05, 0.1) is 12.1 Å². The second-order valence-corrected chi connectivity index (χ2v) is 6.43. The Morgan fingerprint density at radius 3 is 2.73 bits per heavy atom. The lowest BCUT2D eigenvalue weighted by molar-refractivity contribution is -0.123. The molecule has 0 fully saturated rings. The third-order valence-corrected chi connectivity index (χ3v) is 3.95. The molecule has 22 heavy (non-hydrogen) atoms. The molecule has 120 valence electrons. The predicted octanol–water partition coefficient (Wildman–Crippen LogP) is 2.12. The Hall–Kier alpha value is -1.88. The number of carbonyl (C=O) groups is 2. The summed E-state index contributed by atoms with van der Waals surface area (Å²) in [6.45, 7) is 6.05. The van der Waals surface area contributed by atoms with Crippen LogP contribution in [-0.4, -0.2) is 17.9 Å². The molecule has 1 unspecified atom stereocenters. The quantitative estimate of drug-likeness (QED) is 0.779. The van der Waals surface area contributed by atoms with Gasteiger partial charge in [-0.3, -0.25) is 9.59 Å². The third-order valence-electron chi connectivity index (χ3n) is 3.95. The zero-order valence-corrected chi connectivity index (χ0v) is 13.5. The van der Waals surface area contributed by atoms with Crippen molar-refractivity contribution in [3.05, 3.63) is 29.3 Å². The van der Waals surface area contributed by atoms with Gasteiger partial charge in [0, 0.05) is 12.1 Å². The number of fused-ring (bicyclic) bond motifs is 1. The van der Waals surface area contributed by atoms with Crippen LogP contribution in [0.2, 0.25) is 0 Å². The maximum Gasteiger partial charge on any atom is 0.237 e. The highest BCUT2D eigenvalue weighted by atomic mass is 16.2. The molecular weight excluding hydrogens is 278 g/mol. The minimum atomic E-state index is -0.473. The first-order chi connectivity index (χ1) is 10.4. The van der Waals surface area contributed by atoms with Gasteiger partial charge in [-0.2, -0.15) is 0 Å². The van der Waals surface area contributed by atoms with Crippen molar-refractivity contribution in [3.8, 4) is 0 Å². The summed E-state index contributed by atoms with van der Waals surface area (Å²) in [7, 11) is 0. The molecule has 1 aromatic carbocycles. The van der Waals surface area contributed by atoms with E-state index in [1.165, 1.54) is 0 Å². The van der Waals surface area contributed by atoms with Gasteiger partial charge >= 0.3 is 0 Å². The fourth-order valence-corrected chi connectivity index (χ4v) is 2.69. The van der Waals surface area contributed by atoms with E-state index in [1.54, 1.807) is 0 Å². The van der Waals surface area contributed by atoms with E-state index in [2.05, 4.69) is 10.6 Å². The van der Waals surface area contributed by atoms with Crippen molar-refractivity contribution in [2.24, 2.45) is 11.7 Å². The van der Waals surface area contributed by atoms with E-state index in [9.17, 15) is 9.59 Å². The van der Waals surface area contributed by atoms with E-state index in [4.69, 9.17) is 5.73 Å². The second-order valence-electron chi connectivity index (χ2n) is 6.43. The zero-order valence-electron chi connectivity index (χ0n) is 13.5. The van der Waals surface area contributed by atoms with Crippen molar-refractivity contribution in [2.75, 3.05) is 5.32 Å². The van der Waals surface area contributed by atoms with Gasteiger partial charge in [0.15, 0.2) is 0 Å². The smallest absolute Gasteiger partial charge is 0.237 e. The Balaban J connectivity index is 2.02. The fraction of sp³-hybridized carbons (Fsp3) is 0.529. The van der Waals surface area contributed by atoms with Crippen molar-refractivity contribution in [2.45, 2.75) is 52.1 Å². The topological polar surface area (TPSA) is 84.2 Å². The van der Waals surface area contributed by atoms with Crippen molar-refractivity contribution < 1.29 is 9.59 Å². The number of rotatable bonds is 5. The highest BCUT2D eigenvalue weighted by Gasteiger charge is 2.20. The maximum absolute atomic E-state index is 12.1. The molecular formula is C17H25N3O2. The first-order valence-corrected chi connectivity index (χ1v) is 7.85. The van der Waals surface area contributed by atoms with Crippen LogP contribution in [0.15, 0.2) is 18.2 Å². The largest absolute Gasteiger partial charge is 0.348 e. The van der Waals surface area contributed by atoms with Crippen LogP contribution in [0.25, 0.3) is 0 Å². The van der Waals surface area contributed by atoms with Crippen LogP contribution in [0.5, 0.6) is 0 Å². The first-order valence-electron chi connectivity index (χ1n) is 7.85. The molecule has 2 atom stereocenters. The first kappa shape index (κ1) is 16.5. The average Bonchev–Trinajstić information content (AvgIpc) is 2.45. The van der Waals surface area contributed by atoms with Crippen LogP contribution < -0.4 is 16.4 Å². The van der Waals surface area contributed by atoms with Crippen LogP contribution in [0.4, 0.5) is 5.69 Å². The number of aryl methyl sites for hydroxylation is 1. The number of benzene rings is 1. The normalized spacial score (nSPS) is 16.7. The van der Waals surface area contributed by atoms with Gasteiger partial charge in [0.2, 0.25) is 11.8 Å². The minimum absolute atomic E-state index is 0.0567. The molecule has 0 saturated carbocycles. The molecule has 5 heteroatoms. The van der Waals surface area contributed by atoms with E-state index < -0.39 is 6.04 Å². The highest BCUT2D eigenvalue weighted by Crippen LogP contribution is 2.26. The molecule has 2 amide bonds. The van der Waals surface area contributed by atoms with Crippen LogP contribution in [0.3, 0.4) is 0 Å². The average molecular weight is 303 g/mol. The summed E-state index contributed by atoms with van der Waals surface area (Å²) < 4.78 is 0. The predicted molar refractivity (Wildman–Crippen MR) is 87.4 cm³/mol. The molecule has 0 spiro atoms. The Kier molecular flexibility index (Phi) is 5.19. The Morgan fingerprint density at radius 2 is 2.05 bits per heavy atom. The molecule has 0 radical (unpaired) electrons. The van der Waals surface area contributed by atoms with Crippen LogP contribution in [0.1, 0.15) is 50.8 Å². The van der Waals surface area contributed by atoms with Crippen molar-refractivity contribution in [1.82, 2.24) is 5.32 Å². The molecule has 1 heterocycles. The van der Waals surface area contributed by atoms with E-state index in [0.29, 0.717) is 18.8 Å². The number of anilines is 1. The summed E-state index contributed by atoms with van der Waals surface area (Å²) in [5.41, 5.74) is 8.92. The van der Waals surface area contributed by atoms with Gasteiger partial charge in [-0.1, -0.05) is 26.0 Å². The van der Waals surface area contributed by atoms with Gasteiger partial charge in [-0.15, -0.1) is 0 Å². The van der Waals surface area contributed by atoms with Crippen molar-refractivity contribution in [3.63, 3.8) is 0 Å². The lowest BCUT2D eigenvalue weighted by Gasteiger charge is -2.22. The zero-order chi connectivity index (χ0) is 16.3. The van der Waals surface area contributed by atoms with Gasteiger partial charge in [0.25, 0.3) is 0 Å². The summed E-state index contributed by atoms with van der Waals surface area (Å²) in [4.78, 5) is 23.5. The SMILES string of the molecule is CC(C)C[C@H](N)C(=O)NC(C)c1ccc2c(c1)CCC(=O)N2. The van der Waals surface area contributed by atoms with E-state index in [1.807, 2.05) is 39.0 Å². The minimum Gasteiger partial charge on any atom is -0.348 e. The molecule has 1 aliphatic rings. The van der Waals surface area contributed by atoms with Crippen LogP contribution >= 0.6 is 0 Å². The highest BCUT2D eigenvalue weighted by molar-refractivity contribution is 5.93. The molecule has 1 aromatic rings. The molecule has 4 N–H and O–H groups in total. The molecule has 0 bridgehead atoms. The number of hydrogen-bond donors (Lipinski definition) is 3. The van der Waals surface area contributed by atoms with Crippen LogP contribution in [0, 0.1) is 5.92 Å². The van der Waals surface area contributed by atoms with Crippen LogP contribution in [-0.2, 0) is 16.0 Å². The fourth-order valence-electron chi connectivity index (χ4n) is 2.69. The monoisotopic (exact) mass is 303 g/mol. The molecule has 5 nitrogen and oxygen atoms in total. The van der Waals surface area contributed by atoms with E-state index >= 15 is 0 Å². The summed E-state index contributed by atoms with van der Waals surface area (Å²) in [6.07, 6.45) is 1.92. The Bertz CT molecular complexity index is 569. The Morgan fingerprint density at radius 1 is 1.32 bits per heavy atom. The summed E-state index contributed by atoms with van der Waals surface area (Å²) in [5, 5.41) is 5.83. The standard InChI is InChI=1S/C17H25N3O2/c1-10(2)8-14(18)17(22)19-11(3)12-4-6-15-13(9-12)5-7-16(21)20-15/h4,6,9-11,14H,5,7-8,18H2,1-3H3,(H,19,22)(H,20,21)/t11?,14-/m0/s1. The lowest BCUT2D eigenvalue weighted by atomic mass is 9.97. The lowest BCUT2D eigenvalue weighted by Crippen LogP contribution is -2.42. The summed E-state index contributed by atoms with van der Waals surface area (Å²) >= 11 is 0.